The first-order valence-corrected chi connectivity index (χ1v) is 5.18. The van der Waals surface area contributed by atoms with Crippen molar-refractivity contribution in [2.45, 2.75) is 0 Å². The van der Waals surface area contributed by atoms with E-state index in [9.17, 15) is 14.4 Å². The molecule has 0 unspecified atom stereocenters. The van der Waals surface area contributed by atoms with Gasteiger partial charge in [-0.2, -0.15) is 0 Å². The van der Waals surface area contributed by atoms with Gasteiger partial charge in [-0.05, 0) is 6.07 Å². The number of pyridine rings is 1. The van der Waals surface area contributed by atoms with Gasteiger partial charge in [-0.25, -0.2) is 0 Å². The Kier molecular flexibility index (Phi) is 4.61. The predicted octanol–water partition coefficient (Wildman–Crippen LogP) is -0.253. The number of aromatic nitrogens is 1. The molecule has 0 bridgehead atoms. The highest BCUT2D eigenvalue weighted by Gasteiger charge is 2.22. The molecule has 0 fully saturated rings. The second-order valence-electron chi connectivity index (χ2n) is 3.38. The molecule has 0 atom stereocenters. The van der Waals surface area contributed by atoms with Crippen LogP contribution in [0.4, 0.5) is 0 Å². The number of carbonyl (C=O) groups excluding carboxylic acids is 2. The summed E-state index contributed by atoms with van der Waals surface area (Å²) in [5, 5.41) is 8.79. The van der Waals surface area contributed by atoms with E-state index in [1.165, 1.54) is 18.5 Å². The quantitative estimate of drug-likeness (QED) is 0.766. The summed E-state index contributed by atoms with van der Waals surface area (Å²) in [7, 11) is 0. The van der Waals surface area contributed by atoms with Crippen molar-refractivity contribution < 1.29 is 19.5 Å². The maximum Gasteiger partial charge on any atom is 0.323 e. The van der Waals surface area contributed by atoms with Gasteiger partial charge in [-0.1, -0.05) is 11.6 Å². The number of nitrogens with two attached hydrogens (primary N) is 1. The number of carboxylic acid groups (broad SMARTS) is 1. The lowest BCUT2D eigenvalue weighted by atomic mass is 10.2. The Morgan fingerprint density at radius 3 is 2.56 bits per heavy atom. The number of aliphatic carboxylic acids is 1. The Bertz CT molecular complexity index is 476. The SMILES string of the molecule is NC(=O)CN(CC(=O)O)C(=O)c1cnccc1Cl. The number of nitrogens with zero attached hydrogens (tertiary/aromatic N) is 2. The fourth-order valence-corrected chi connectivity index (χ4v) is 1.44. The maximum atomic E-state index is 12.0. The zero-order valence-corrected chi connectivity index (χ0v) is 9.92. The minimum Gasteiger partial charge on any atom is -0.480 e. The molecule has 0 aliphatic heterocycles. The first-order chi connectivity index (χ1) is 8.41. The first kappa shape index (κ1) is 13.9. The fraction of sp³-hybridized carbons (Fsp3) is 0.200. The van der Waals surface area contributed by atoms with Crippen molar-refractivity contribution >= 4 is 29.4 Å². The van der Waals surface area contributed by atoms with Crippen LogP contribution in [0.25, 0.3) is 0 Å². The number of halogens is 1. The summed E-state index contributed by atoms with van der Waals surface area (Å²) in [4.78, 5) is 37.9. The van der Waals surface area contributed by atoms with Gasteiger partial charge in [0.15, 0.2) is 0 Å². The number of primary amides is 1. The minimum absolute atomic E-state index is 0.0154. The highest BCUT2D eigenvalue weighted by Crippen LogP contribution is 2.15. The van der Waals surface area contributed by atoms with E-state index in [4.69, 9.17) is 22.4 Å². The molecule has 0 aliphatic carbocycles. The van der Waals surface area contributed by atoms with Crippen molar-refractivity contribution in [2.24, 2.45) is 5.73 Å². The summed E-state index contributed by atoms with van der Waals surface area (Å²) in [6, 6.07) is 1.39. The van der Waals surface area contributed by atoms with Gasteiger partial charge in [0, 0.05) is 12.4 Å². The molecule has 0 spiro atoms. The van der Waals surface area contributed by atoms with Gasteiger partial charge in [-0.3, -0.25) is 19.4 Å². The molecular weight excluding hydrogens is 262 g/mol. The van der Waals surface area contributed by atoms with Crippen LogP contribution in [-0.2, 0) is 9.59 Å². The van der Waals surface area contributed by atoms with Gasteiger partial charge < -0.3 is 15.7 Å². The normalized spacial score (nSPS) is 9.83. The van der Waals surface area contributed by atoms with Crippen molar-refractivity contribution in [1.82, 2.24) is 9.88 Å². The largest absolute Gasteiger partial charge is 0.480 e. The van der Waals surface area contributed by atoms with Crippen molar-refractivity contribution in [3.05, 3.63) is 29.0 Å². The zero-order valence-electron chi connectivity index (χ0n) is 9.17. The van der Waals surface area contributed by atoms with Crippen LogP contribution in [0.3, 0.4) is 0 Å². The lowest BCUT2D eigenvalue weighted by molar-refractivity contribution is -0.138. The molecule has 2 amide bonds. The van der Waals surface area contributed by atoms with Gasteiger partial charge in [0.1, 0.15) is 13.1 Å². The molecule has 18 heavy (non-hydrogen) atoms. The Hall–Kier alpha value is -2.15. The van der Waals surface area contributed by atoms with E-state index in [2.05, 4.69) is 4.98 Å². The van der Waals surface area contributed by atoms with E-state index >= 15 is 0 Å². The summed E-state index contributed by atoms with van der Waals surface area (Å²) >= 11 is 5.79. The van der Waals surface area contributed by atoms with Crippen molar-refractivity contribution in [2.75, 3.05) is 13.1 Å². The number of carbonyl (C=O) groups is 3. The second-order valence-corrected chi connectivity index (χ2v) is 3.78. The third-order valence-electron chi connectivity index (χ3n) is 1.96. The van der Waals surface area contributed by atoms with E-state index in [-0.39, 0.29) is 10.6 Å². The molecule has 1 heterocycles. The molecule has 7 nitrogen and oxygen atoms in total. The molecule has 0 saturated heterocycles. The van der Waals surface area contributed by atoms with Gasteiger partial charge in [0.25, 0.3) is 5.91 Å². The molecule has 0 saturated carbocycles. The number of amides is 2. The Balaban J connectivity index is 2.98. The molecule has 1 rings (SSSR count). The lowest BCUT2D eigenvalue weighted by Gasteiger charge is -2.19. The van der Waals surface area contributed by atoms with Crippen LogP contribution in [0.15, 0.2) is 18.5 Å². The standard InChI is InChI=1S/C10H10ClN3O4/c11-7-1-2-13-3-6(7)10(18)14(4-8(12)15)5-9(16)17/h1-3H,4-5H2,(H2,12,15)(H,16,17). The summed E-state index contributed by atoms with van der Waals surface area (Å²) in [6.07, 6.45) is 2.58. The van der Waals surface area contributed by atoms with Crippen LogP contribution >= 0.6 is 11.6 Å². The smallest absolute Gasteiger partial charge is 0.323 e. The number of hydrogen-bond acceptors (Lipinski definition) is 4. The van der Waals surface area contributed by atoms with E-state index in [0.717, 1.165) is 4.90 Å². The van der Waals surface area contributed by atoms with Crippen molar-refractivity contribution in [3.8, 4) is 0 Å². The predicted molar refractivity (Wildman–Crippen MR) is 62.0 cm³/mol. The van der Waals surface area contributed by atoms with Crippen LogP contribution in [0.2, 0.25) is 5.02 Å². The third kappa shape index (κ3) is 3.70. The van der Waals surface area contributed by atoms with Crippen LogP contribution in [0, 0.1) is 0 Å². The van der Waals surface area contributed by atoms with Crippen molar-refractivity contribution in [1.29, 1.82) is 0 Å². The third-order valence-corrected chi connectivity index (χ3v) is 2.29. The van der Waals surface area contributed by atoms with E-state index < -0.39 is 30.9 Å². The van der Waals surface area contributed by atoms with Gasteiger partial charge >= 0.3 is 5.97 Å². The van der Waals surface area contributed by atoms with Crippen LogP contribution < -0.4 is 5.73 Å². The lowest BCUT2D eigenvalue weighted by Crippen LogP contribution is -2.41. The molecule has 1 aromatic rings. The molecule has 0 aliphatic rings. The average Bonchev–Trinajstić information content (AvgIpc) is 2.26. The van der Waals surface area contributed by atoms with E-state index in [1.807, 2.05) is 0 Å². The second kappa shape index (κ2) is 5.97. The molecule has 8 heteroatoms. The monoisotopic (exact) mass is 271 g/mol. The summed E-state index contributed by atoms with van der Waals surface area (Å²) in [5.41, 5.74) is 4.96. The van der Waals surface area contributed by atoms with Gasteiger partial charge in [0.05, 0.1) is 10.6 Å². The number of carboxylic acids is 1. The van der Waals surface area contributed by atoms with Crippen LogP contribution in [0.1, 0.15) is 10.4 Å². The Labute approximate surface area is 107 Å². The van der Waals surface area contributed by atoms with Crippen molar-refractivity contribution in [3.63, 3.8) is 0 Å². The summed E-state index contributed by atoms with van der Waals surface area (Å²) in [5.74, 6) is -2.79. The molecule has 1 aromatic heterocycles. The Morgan fingerprint density at radius 1 is 1.39 bits per heavy atom. The van der Waals surface area contributed by atoms with E-state index in [1.54, 1.807) is 0 Å². The zero-order chi connectivity index (χ0) is 13.7. The maximum absolute atomic E-state index is 12.0. The molecular formula is C10H10ClN3O4. The topological polar surface area (TPSA) is 114 Å². The number of hydrogen-bond donors (Lipinski definition) is 2. The van der Waals surface area contributed by atoms with Crippen LogP contribution in [-0.4, -0.2) is 45.9 Å². The molecule has 3 N–H and O–H groups in total. The summed E-state index contributed by atoms with van der Waals surface area (Å²) in [6.45, 7) is -1.15. The molecule has 0 aromatic carbocycles. The average molecular weight is 272 g/mol. The number of rotatable bonds is 5. The molecule has 0 radical (unpaired) electrons. The van der Waals surface area contributed by atoms with Gasteiger partial charge in [0.2, 0.25) is 5.91 Å². The summed E-state index contributed by atoms with van der Waals surface area (Å²) < 4.78 is 0. The van der Waals surface area contributed by atoms with Gasteiger partial charge in [-0.15, -0.1) is 0 Å². The minimum atomic E-state index is -1.26. The first-order valence-electron chi connectivity index (χ1n) is 4.80. The van der Waals surface area contributed by atoms with E-state index in [0.29, 0.717) is 0 Å². The Morgan fingerprint density at radius 2 is 2.06 bits per heavy atom. The molecule has 96 valence electrons. The highest BCUT2D eigenvalue weighted by molar-refractivity contribution is 6.33. The highest BCUT2D eigenvalue weighted by atomic mass is 35.5. The van der Waals surface area contributed by atoms with Crippen LogP contribution in [0.5, 0.6) is 0 Å². The fourth-order valence-electron chi connectivity index (χ4n) is 1.26.